The van der Waals surface area contributed by atoms with Gasteiger partial charge in [0.05, 0.1) is 0 Å². The summed E-state index contributed by atoms with van der Waals surface area (Å²) in [6.45, 7) is 13.9. The molecule has 0 N–H and O–H groups in total. The summed E-state index contributed by atoms with van der Waals surface area (Å²) in [5, 5.41) is 0.933. The number of hydrogen-bond donors (Lipinski definition) is 0. The van der Waals surface area contributed by atoms with E-state index < -0.39 is 0 Å². The van der Waals surface area contributed by atoms with Gasteiger partial charge in [-0.2, -0.15) is 4.99 Å². The van der Waals surface area contributed by atoms with Crippen LogP contribution >= 0.6 is 11.8 Å². The van der Waals surface area contributed by atoms with Gasteiger partial charge < -0.3 is 4.90 Å². The quantitative estimate of drug-likeness (QED) is 0.451. The number of piperidine rings is 1. The molecule has 1 saturated heterocycles. The van der Waals surface area contributed by atoms with E-state index in [9.17, 15) is 4.79 Å². The second-order valence-corrected chi connectivity index (χ2v) is 8.49. The maximum absolute atomic E-state index is 10.9. The van der Waals surface area contributed by atoms with Crippen LogP contribution in [-0.4, -0.2) is 34.3 Å². The topological polar surface area (TPSA) is 32.7 Å². The highest BCUT2D eigenvalue weighted by atomic mass is 32.2. The van der Waals surface area contributed by atoms with Gasteiger partial charge in [0, 0.05) is 17.8 Å². The second kappa shape index (κ2) is 5.36. The molecule has 0 aromatic rings. The fourth-order valence-electron chi connectivity index (χ4n) is 4.07. The van der Waals surface area contributed by atoms with Crippen molar-refractivity contribution in [3.05, 3.63) is 0 Å². The molecule has 0 aromatic heterocycles. The molecular weight excluding hydrogens is 268 g/mol. The average Bonchev–Trinajstić information content (AvgIpc) is 2.67. The highest BCUT2D eigenvalue weighted by Crippen LogP contribution is 2.63. The molecule has 3 nitrogen and oxygen atoms in total. The molecule has 2 bridgehead atoms. The van der Waals surface area contributed by atoms with E-state index >= 15 is 0 Å². The number of carbonyl (C=O) groups excluding carboxylic acids is 1. The van der Waals surface area contributed by atoms with E-state index in [1.165, 1.54) is 12.8 Å². The molecule has 1 aliphatic carbocycles. The van der Waals surface area contributed by atoms with Crippen LogP contribution < -0.4 is 0 Å². The fourth-order valence-corrected chi connectivity index (χ4v) is 5.11. The van der Waals surface area contributed by atoms with Crippen molar-refractivity contribution < 1.29 is 4.79 Å². The fraction of sp³-hybridized carbons (Fsp3) is 0.875. The molecule has 114 valence electrons. The first kappa shape index (κ1) is 15.9. The number of hydrogen-bond acceptors (Lipinski definition) is 2. The van der Waals surface area contributed by atoms with Crippen LogP contribution in [0.2, 0.25) is 0 Å². The first-order chi connectivity index (χ1) is 9.25. The largest absolute Gasteiger partial charge is 0.344 e. The van der Waals surface area contributed by atoms with Crippen molar-refractivity contribution in [3.63, 3.8) is 0 Å². The summed E-state index contributed by atoms with van der Waals surface area (Å²) in [6.07, 6.45) is 3.20. The smallest absolute Gasteiger partial charge is 0.235 e. The van der Waals surface area contributed by atoms with Gasteiger partial charge in [-0.15, -0.1) is 0 Å². The lowest BCUT2D eigenvalue weighted by atomic mass is 9.68. The van der Waals surface area contributed by atoms with E-state index in [4.69, 9.17) is 0 Å². The van der Waals surface area contributed by atoms with Crippen LogP contribution in [0.25, 0.3) is 0 Å². The highest BCUT2D eigenvalue weighted by molar-refractivity contribution is 8.13. The molecule has 0 unspecified atom stereocenters. The lowest BCUT2D eigenvalue weighted by Gasteiger charge is -2.39. The Morgan fingerprint density at radius 3 is 2.55 bits per heavy atom. The summed E-state index contributed by atoms with van der Waals surface area (Å²) in [7, 11) is 0. The van der Waals surface area contributed by atoms with E-state index in [-0.39, 0.29) is 5.41 Å². The van der Waals surface area contributed by atoms with Crippen molar-refractivity contribution in [1.82, 2.24) is 4.90 Å². The Labute approximate surface area is 127 Å². The van der Waals surface area contributed by atoms with Gasteiger partial charge in [-0.05, 0) is 36.5 Å². The summed E-state index contributed by atoms with van der Waals surface area (Å²) >= 11 is 1.74. The van der Waals surface area contributed by atoms with E-state index in [0.717, 1.165) is 10.9 Å². The summed E-state index contributed by atoms with van der Waals surface area (Å²) in [4.78, 5) is 17.5. The molecule has 3 atom stereocenters. The zero-order valence-corrected chi connectivity index (χ0v) is 14.5. The van der Waals surface area contributed by atoms with E-state index in [0.29, 0.717) is 29.8 Å². The first-order valence-corrected chi connectivity index (χ1v) is 8.67. The molecular formula is C16H28N2OS. The molecule has 2 fully saturated rings. The average molecular weight is 296 g/mol. The van der Waals surface area contributed by atoms with Gasteiger partial charge in [0.25, 0.3) is 0 Å². The van der Waals surface area contributed by atoms with E-state index in [1.807, 2.05) is 0 Å². The van der Waals surface area contributed by atoms with Crippen LogP contribution in [0, 0.1) is 16.7 Å². The number of rotatable bonds is 3. The van der Waals surface area contributed by atoms with Crippen molar-refractivity contribution in [2.75, 3.05) is 5.75 Å². The van der Waals surface area contributed by atoms with Gasteiger partial charge in [-0.25, -0.2) is 0 Å². The predicted molar refractivity (Wildman–Crippen MR) is 87.0 cm³/mol. The molecule has 2 aliphatic rings. The number of carbonyl (C=O) groups is 1. The molecule has 4 heteroatoms. The van der Waals surface area contributed by atoms with Crippen LogP contribution in [0.4, 0.5) is 0 Å². The normalized spacial score (nSPS) is 36.0. The van der Waals surface area contributed by atoms with Gasteiger partial charge in [-0.3, -0.25) is 4.79 Å². The van der Waals surface area contributed by atoms with Crippen LogP contribution in [0.3, 0.4) is 0 Å². The third kappa shape index (κ3) is 2.20. The number of likely N-dealkylation sites (tertiary alicyclic amines) is 1. The molecule has 0 radical (unpaired) electrons. The Morgan fingerprint density at radius 2 is 2.10 bits per heavy atom. The summed E-state index contributed by atoms with van der Waals surface area (Å²) in [6, 6.07) is 0.968. The zero-order valence-electron chi connectivity index (χ0n) is 13.6. The van der Waals surface area contributed by atoms with Crippen molar-refractivity contribution in [2.45, 2.75) is 66.5 Å². The van der Waals surface area contributed by atoms with Crippen LogP contribution in [0.5, 0.6) is 0 Å². The second-order valence-electron chi connectivity index (χ2n) is 7.50. The zero-order chi connectivity index (χ0) is 15.1. The lowest BCUT2D eigenvalue weighted by molar-refractivity contribution is -0.106. The monoisotopic (exact) mass is 296 g/mol. The minimum absolute atomic E-state index is 0.286. The Kier molecular flexibility index (Phi) is 4.25. The predicted octanol–water partition coefficient (Wildman–Crippen LogP) is 3.79. The number of thioether (sulfide) groups is 1. The minimum Gasteiger partial charge on any atom is -0.344 e. The Bertz CT molecular complexity index is 419. The summed E-state index contributed by atoms with van der Waals surface area (Å²) < 4.78 is 0. The van der Waals surface area contributed by atoms with Crippen LogP contribution in [-0.2, 0) is 4.79 Å². The molecule has 2 rings (SSSR count). The third-order valence-corrected chi connectivity index (χ3v) is 7.25. The number of amidine groups is 1. The Hall–Kier alpha value is -0.510. The van der Waals surface area contributed by atoms with Gasteiger partial charge in [-0.1, -0.05) is 46.4 Å². The maximum atomic E-state index is 10.9. The van der Waals surface area contributed by atoms with E-state index in [1.54, 1.807) is 11.8 Å². The standard InChI is InChI=1S/C16H28N2OS/c1-11(2)9-20-14(17-10-19)18-12(3)16(6)8-7-13(18)15(16,4)5/h10-13H,7-9H2,1-6H3/b17-14-/t12-,13+,16+/m1/s1. The van der Waals surface area contributed by atoms with Gasteiger partial charge in [0.1, 0.15) is 0 Å². The molecule has 1 aliphatic heterocycles. The molecule has 0 spiro atoms. The Morgan fingerprint density at radius 1 is 1.45 bits per heavy atom. The molecule has 1 amide bonds. The number of amides is 1. The highest BCUT2D eigenvalue weighted by Gasteiger charge is 2.64. The van der Waals surface area contributed by atoms with Crippen molar-refractivity contribution in [3.8, 4) is 0 Å². The van der Waals surface area contributed by atoms with Gasteiger partial charge in [0.2, 0.25) is 6.41 Å². The number of aliphatic imine (C=N–C) groups is 1. The summed E-state index contributed by atoms with van der Waals surface area (Å²) in [5.41, 5.74) is 0.605. The molecule has 1 heterocycles. The molecule has 20 heavy (non-hydrogen) atoms. The number of nitrogens with zero attached hydrogens (tertiary/aromatic N) is 2. The van der Waals surface area contributed by atoms with Crippen LogP contribution in [0.15, 0.2) is 4.99 Å². The lowest BCUT2D eigenvalue weighted by Crippen LogP contribution is -2.45. The van der Waals surface area contributed by atoms with Gasteiger partial charge in [0.15, 0.2) is 5.17 Å². The minimum atomic E-state index is 0.286. The third-order valence-electron chi connectivity index (χ3n) is 5.85. The van der Waals surface area contributed by atoms with E-state index in [2.05, 4.69) is 51.4 Å². The SMILES string of the molecule is CC(C)CS/C(=N\C=O)N1[C@H]2CC[C@@](C)([C@H]1C)C2(C)C. The van der Waals surface area contributed by atoms with Crippen molar-refractivity contribution in [1.29, 1.82) is 0 Å². The molecule has 0 aromatic carbocycles. The van der Waals surface area contributed by atoms with Crippen LogP contribution in [0.1, 0.15) is 54.4 Å². The van der Waals surface area contributed by atoms with Crippen molar-refractivity contribution >= 4 is 23.3 Å². The van der Waals surface area contributed by atoms with Gasteiger partial charge >= 0.3 is 0 Å². The first-order valence-electron chi connectivity index (χ1n) is 7.68. The summed E-state index contributed by atoms with van der Waals surface area (Å²) in [5.74, 6) is 1.62. The Balaban J connectivity index is 2.27. The number of fused-ring (bicyclic) bond motifs is 2. The van der Waals surface area contributed by atoms with Crippen molar-refractivity contribution in [2.24, 2.45) is 21.7 Å². The molecule has 1 saturated carbocycles. The maximum Gasteiger partial charge on any atom is 0.235 e.